The molecule has 1 fully saturated rings. The van der Waals surface area contributed by atoms with E-state index in [2.05, 4.69) is 0 Å². The third-order valence-corrected chi connectivity index (χ3v) is 3.03. The predicted octanol–water partition coefficient (Wildman–Crippen LogP) is 1.16. The van der Waals surface area contributed by atoms with E-state index in [-0.39, 0.29) is 24.9 Å². The van der Waals surface area contributed by atoms with Crippen LogP contribution in [-0.2, 0) is 6.54 Å². The van der Waals surface area contributed by atoms with Crippen molar-refractivity contribution in [3.05, 3.63) is 35.4 Å². The average molecular weight is 271 g/mol. The largest absolute Gasteiger partial charge is 0.395 e. The highest BCUT2D eigenvalue weighted by molar-refractivity contribution is 5.94. The number of nitrogens with zero attached hydrogens (tertiary/aromatic N) is 1. The minimum Gasteiger partial charge on any atom is -0.395 e. The van der Waals surface area contributed by atoms with Crippen LogP contribution in [0.1, 0.15) is 28.8 Å². The number of halogens is 1. The summed E-state index contributed by atoms with van der Waals surface area (Å²) in [6, 6.07) is 7.67. The molecule has 1 aliphatic carbocycles. The molecule has 0 unspecified atom stereocenters. The summed E-state index contributed by atoms with van der Waals surface area (Å²) >= 11 is 0. The molecule has 0 heterocycles. The van der Waals surface area contributed by atoms with Crippen molar-refractivity contribution in [2.24, 2.45) is 5.73 Å². The van der Waals surface area contributed by atoms with E-state index >= 15 is 0 Å². The van der Waals surface area contributed by atoms with Gasteiger partial charge in [-0.2, -0.15) is 0 Å². The van der Waals surface area contributed by atoms with Crippen LogP contribution in [0.2, 0.25) is 0 Å². The standard InChI is InChI=1S/C13H18N2O2.ClH/c14-9-10-1-3-11(4-2-10)13(17)15(7-8-16)12-5-6-12;/h1-4,12,16H,5-9,14H2;1H. The van der Waals surface area contributed by atoms with Crippen LogP contribution in [0.3, 0.4) is 0 Å². The summed E-state index contributed by atoms with van der Waals surface area (Å²) in [7, 11) is 0. The zero-order chi connectivity index (χ0) is 12.3. The third kappa shape index (κ3) is 3.45. The summed E-state index contributed by atoms with van der Waals surface area (Å²) in [6.07, 6.45) is 2.10. The Hall–Kier alpha value is -1.10. The Kier molecular flexibility index (Phi) is 5.59. The molecule has 18 heavy (non-hydrogen) atoms. The second-order valence-electron chi connectivity index (χ2n) is 4.35. The van der Waals surface area contributed by atoms with Crippen LogP contribution in [0.15, 0.2) is 24.3 Å². The van der Waals surface area contributed by atoms with E-state index in [4.69, 9.17) is 10.8 Å². The van der Waals surface area contributed by atoms with Crippen LogP contribution in [-0.4, -0.2) is 35.1 Å². The predicted molar refractivity (Wildman–Crippen MR) is 72.7 cm³/mol. The van der Waals surface area contributed by atoms with Gasteiger partial charge >= 0.3 is 0 Å². The highest BCUT2D eigenvalue weighted by Crippen LogP contribution is 2.27. The summed E-state index contributed by atoms with van der Waals surface area (Å²) in [6.45, 7) is 0.919. The summed E-state index contributed by atoms with van der Waals surface area (Å²) in [5.41, 5.74) is 7.20. The van der Waals surface area contributed by atoms with Gasteiger partial charge in [-0.3, -0.25) is 4.79 Å². The summed E-state index contributed by atoms with van der Waals surface area (Å²) in [5.74, 6) is 0.00474. The molecule has 0 radical (unpaired) electrons. The van der Waals surface area contributed by atoms with Gasteiger partial charge in [-0.25, -0.2) is 0 Å². The van der Waals surface area contributed by atoms with E-state index in [1.54, 1.807) is 17.0 Å². The average Bonchev–Trinajstić information content (AvgIpc) is 3.19. The number of amides is 1. The minimum absolute atomic E-state index is 0. The number of hydrogen-bond acceptors (Lipinski definition) is 3. The minimum atomic E-state index is 0. The highest BCUT2D eigenvalue weighted by Gasteiger charge is 2.32. The SMILES string of the molecule is Cl.NCc1ccc(C(=O)N(CCO)C2CC2)cc1. The van der Waals surface area contributed by atoms with Crippen molar-refractivity contribution >= 4 is 18.3 Å². The van der Waals surface area contributed by atoms with Crippen LogP contribution in [0, 0.1) is 0 Å². The van der Waals surface area contributed by atoms with E-state index in [1.165, 1.54) is 0 Å². The van der Waals surface area contributed by atoms with E-state index in [9.17, 15) is 4.79 Å². The Morgan fingerprint density at radius 2 is 1.94 bits per heavy atom. The Balaban J connectivity index is 0.00000162. The van der Waals surface area contributed by atoms with Crippen molar-refractivity contribution in [2.75, 3.05) is 13.2 Å². The number of carbonyl (C=O) groups excluding carboxylic acids is 1. The molecule has 1 saturated carbocycles. The van der Waals surface area contributed by atoms with E-state index in [0.717, 1.165) is 18.4 Å². The number of hydrogen-bond donors (Lipinski definition) is 2. The molecule has 4 nitrogen and oxygen atoms in total. The molecule has 0 atom stereocenters. The molecular formula is C13H19ClN2O2. The molecule has 0 bridgehead atoms. The van der Waals surface area contributed by atoms with Gasteiger partial charge in [0.25, 0.3) is 5.91 Å². The smallest absolute Gasteiger partial charge is 0.254 e. The quantitative estimate of drug-likeness (QED) is 0.844. The van der Waals surface area contributed by atoms with Gasteiger partial charge in [-0.05, 0) is 30.5 Å². The van der Waals surface area contributed by atoms with Crippen molar-refractivity contribution in [3.8, 4) is 0 Å². The maximum atomic E-state index is 12.2. The van der Waals surface area contributed by atoms with Crippen molar-refractivity contribution in [2.45, 2.75) is 25.4 Å². The molecule has 0 spiro atoms. The molecule has 5 heteroatoms. The Labute approximate surface area is 113 Å². The van der Waals surface area contributed by atoms with Gasteiger partial charge in [0.15, 0.2) is 0 Å². The molecule has 0 saturated heterocycles. The molecular weight excluding hydrogens is 252 g/mol. The number of benzene rings is 1. The Bertz CT molecular complexity index is 390. The first-order valence-electron chi connectivity index (χ1n) is 5.97. The highest BCUT2D eigenvalue weighted by atomic mass is 35.5. The van der Waals surface area contributed by atoms with E-state index in [1.807, 2.05) is 12.1 Å². The number of carbonyl (C=O) groups is 1. The van der Waals surface area contributed by atoms with Crippen LogP contribution in [0.5, 0.6) is 0 Å². The zero-order valence-corrected chi connectivity index (χ0v) is 11.0. The van der Waals surface area contributed by atoms with Crippen LogP contribution in [0.25, 0.3) is 0 Å². The van der Waals surface area contributed by atoms with Crippen LogP contribution in [0.4, 0.5) is 0 Å². The maximum Gasteiger partial charge on any atom is 0.254 e. The van der Waals surface area contributed by atoms with Crippen molar-refractivity contribution < 1.29 is 9.90 Å². The Morgan fingerprint density at radius 1 is 1.33 bits per heavy atom. The van der Waals surface area contributed by atoms with Crippen molar-refractivity contribution in [1.29, 1.82) is 0 Å². The van der Waals surface area contributed by atoms with Gasteiger partial charge in [-0.1, -0.05) is 12.1 Å². The summed E-state index contributed by atoms with van der Waals surface area (Å²) in [5, 5.41) is 8.98. The second-order valence-corrected chi connectivity index (χ2v) is 4.35. The first-order valence-corrected chi connectivity index (χ1v) is 5.97. The lowest BCUT2D eigenvalue weighted by atomic mass is 10.1. The van der Waals surface area contributed by atoms with Gasteiger partial charge in [-0.15, -0.1) is 12.4 Å². The Morgan fingerprint density at radius 3 is 2.39 bits per heavy atom. The summed E-state index contributed by atoms with van der Waals surface area (Å²) in [4.78, 5) is 14.0. The monoisotopic (exact) mass is 270 g/mol. The zero-order valence-electron chi connectivity index (χ0n) is 10.2. The summed E-state index contributed by atoms with van der Waals surface area (Å²) < 4.78 is 0. The third-order valence-electron chi connectivity index (χ3n) is 3.03. The fraction of sp³-hybridized carbons (Fsp3) is 0.462. The lowest BCUT2D eigenvalue weighted by molar-refractivity contribution is 0.0707. The van der Waals surface area contributed by atoms with Crippen molar-refractivity contribution in [3.63, 3.8) is 0 Å². The number of aliphatic hydroxyl groups is 1. The maximum absolute atomic E-state index is 12.2. The number of rotatable bonds is 5. The van der Waals surface area contributed by atoms with E-state index in [0.29, 0.717) is 24.7 Å². The van der Waals surface area contributed by atoms with Gasteiger partial charge in [0.2, 0.25) is 0 Å². The first kappa shape index (κ1) is 15.0. The molecule has 100 valence electrons. The fourth-order valence-electron chi connectivity index (χ4n) is 1.89. The van der Waals surface area contributed by atoms with Gasteiger partial charge in [0.05, 0.1) is 6.61 Å². The van der Waals surface area contributed by atoms with Crippen LogP contribution < -0.4 is 5.73 Å². The molecule has 1 amide bonds. The number of nitrogens with two attached hydrogens (primary N) is 1. The molecule has 3 N–H and O–H groups in total. The van der Waals surface area contributed by atoms with Gasteiger partial charge < -0.3 is 15.7 Å². The molecule has 1 aromatic carbocycles. The lowest BCUT2D eigenvalue weighted by Gasteiger charge is -2.21. The molecule has 0 aliphatic heterocycles. The van der Waals surface area contributed by atoms with Gasteiger partial charge in [0, 0.05) is 24.7 Å². The normalized spacial score (nSPS) is 13.9. The fourth-order valence-corrected chi connectivity index (χ4v) is 1.89. The van der Waals surface area contributed by atoms with Crippen molar-refractivity contribution in [1.82, 2.24) is 4.90 Å². The first-order chi connectivity index (χ1) is 8.26. The van der Waals surface area contributed by atoms with E-state index < -0.39 is 0 Å². The van der Waals surface area contributed by atoms with Gasteiger partial charge in [0.1, 0.15) is 0 Å². The molecule has 2 rings (SSSR count). The molecule has 1 aliphatic rings. The topological polar surface area (TPSA) is 66.6 Å². The lowest BCUT2D eigenvalue weighted by Crippen LogP contribution is -2.35. The number of aliphatic hydroxyl groups excluding tert-OH is 1. The second kappa shape index (κ2) is 6.73. The molecule has 1 aromatic rings. The van der Waals surface area contributed by atoms with Crippen LogP contribution >= 0.6 is 12.4 Å². The molecule has 0 aromatic heterocycles.